The van der Waals surface area contributed by atoms with E-state index >= 15 is 0 Å². The molecular formula is C13H9N3. The van der Waals surface area contributed by atoms with Crippen LogP contribution in [-0.2, 0) is 0 Å². The molecule has 1 heterocycles. The number of benzene rings is 1. The summed E-state index contributed by atoms with van der Waals surface area (Å²) in [5.41, 5.74) is 2.38. The molecule has 0 fully saturated rings. The van der Waals surface area contributed by atoms with Crippen LogP contribution in [0.5, 0.6) is 0 Å². The summed E-state index contributed by atoms with van der Waals surface area (Å²) in [6, 6.07) is 10.9. The average Bonchev–Trinajstić information content (AvgIpc) is 2.38. The highest BCUT2D eigenvalue weighted by Gasteiger charge is 1.90. The number of aromatic nitrogens is 1. The molecule has 0 saturated carbocycles. The molecule has 0 aliphatic rings. The lowest BCUT2D eigenvalue weighted by Crippen LogP contribution is -1.70. The van der Waals surface area contributed by atoms with Crippen LogP contribution in [-0.4, -0.2) is 4.98 Å². The Morgan fingerprint density at radius 2 is 1.44 bits per heavy atom. The van der Waals surface area contributed by atoms with E-state index in [1.807, 2.05) is 24.3 Å². The molecule has 0 N–H and O–H groups in total. The molecule has 0 amide bonds. The van der Waals surface area contributed by atoms with Gasteiger partial charge in [0.25, 0.3) is 0 Å². The van der Waals surface area contributed by atoms with Crippen molar-refractivity contribution >= 4 is 11.4 Å². The fourth-order valence-corrected chi connectivity index (χ4v) is 1.15. The molecule has 0 saturated heterocycles. The summed E-state index contributed by atoms with van der Waals surface area (Å²) in [7, 11) is 0. The van der Waals surface area contributed by atoms with Gasteiger partial charge < -0.3 is 0 Å². The Morgan fingerprint density at radius 3 is 2.00 bits per heavy atom. The molecule has 3 heteroatoms. The SMILES string of the molecule is C#Cc1ccc(N=Nc2ccncc2)cc1. The van der Waals surface area contributed by atoms with E-state index in [1.165, 1.54) is 0 Å². The molecule has 76 valence electrons. The van der Waals surface area contributed by atoms with E-state index in [1.54, 1.807) is 24.5 Å². The number of nitrogens with zero attached hydrogens (tertiary/aromatic N) is 3. The van der Waals surface area contributed by atoms with Gasteiger partial charge in [0, 0.05) is 18.0 Å². The van der Waals surface area contributed by atoms with Crippen LogP contribution < -0.4 is 0 Å². The first kappa shape index (κ1) is 10.1. The fraction of sp³-hybridized carbons (Fsp3) is 0. The van der Waals surface area contributed by atoms with E-state index in [0.717, 1.165) is 16.9 Å². The highest BCUT2D eigenvalue weighted by Crippen LogP contribution is 2.17. The first-order valence-corrected chi connectivity index (χ1v) is 4.77. The van der Waals surface area contributed by atoms with Crippen LogP contribution in [0.2, 0.25) is 0 Å². The maximum atomic E-state index is 5.25. The Hall–Kier alpha value is -2.47. The zero-order valence-electron chi connectivity index (χ0n) is 8.54. The third kappa shape index (κ3) is 2.52. The Kier molecular flexibility index (Phi) is 3.05. The second-order valence-electron chi connectivity index (χ2n) is 3.10. The molecule has 0 aliphatic heterocycles. The largest absolute Gasteiger partial charge is 0.265 e. The predicted molar refractivity (Wildman–Crippen MR) is 62.8 cm³/mol. The summed E-state index contributed by atoms with van der Waals surface area (Å²) in [6.07, 6.45) is 8.61. The number of rotatable bonds is 2. The smallest absolute Gasteiger partial charge is 0.0887 e. The van der Waals surface area contributed by atoms with Gasteiger partial charge in [0.2, 0.25) is 0 Å². The molecule has 0 spiro atoms. The molecule has 0 radical (unpaired) electrons. The quantitative estimate of drug-likeness (QED) is 0.548. The fourth-order valence-electron chi connectivity index (χ4n) is 1.15. The van der Waals surface area contributed by atoms with Crippen molar-refractivity contribution in [3.63, 3.8) is 0 Å². The number of azo groups is 1. The Labute approximate surface area is 93.9 Å². The second-order valence-corrected chi connectivity index (χ2v) is 3.10. The van der Waals surface area contributed by atoms with Gasteiger partial charge in [-0.1, -0.05) is 5.92 Å². The van der Waals surface area contributed by atoms with Crippen LogP contribution in [0, 0.1) is 12.3 Å². The first-order valence-electron chi connectivity index (χ1n) is 4.77. The van der Waals surface area contributed by atoms with Crippen molar-refractivity contribution in [3.8, 4) is 12.3 Å². The maximum absolute atomic E-state index is 5.25. The van der Waals surface area contributed by atoms with Crippen molar-refractivity contribution in [3.05, 3.63) is 54.4 Å². The number of terminal acetylenes is 1. The van der Waals surface area contributed by atoms with E-state index in [2.05, 4.69) is 21.1 Å². The minimum Gasteiger partial charge on any atom is -0.265 e. The molecule has 16 heavy (non-hydrogen) atoms. The minimum absolute atomic E-state index is 0.774. The van der Waals surface area contributed by atoms with Crippen molar-refractivity contribution in [1.82, 2.24) is 4.98 Å². The van der Waals surface area contributed by atoms with Crippen LogP contribution >= 0.6 is 0 Å². The van der Waals surface area contributed by atoms with E-state index in [-0.39, 0.29) is 0 Å². The van der Waals surface area contributed by atoms with Crippen molar-refractivity contribution in [2.75, 3.05) is 0 Å². The van der Waals surface area contributed by atoms with Crippen molar-refractivity contribution in [1.29, 1.82) is 0 Å². The molecule has 0 bridgehead atoms. The van der Waals surface area contributed by atoms with Crippen LogP contribution in [0.1, 0.15) is 5.56 Å². The number of hydrogen-bond donors (Lipinski definition) is 0. The van der Waals surface area contributed by atoms with E-state index in [0.29, 0.717) is 0 Å². The monoisotopic (exact) mass is 207 g/mol. The highest BCUT2D eigenvalue weighted by molar-refractivity contribution is 5.44. The van der Waals surface area contributed by atoms with Gasteiger partial charge in [-0.25, -0.2) is 0 Å². The van der Waals surface area contributed by atoms with Gasteiger partial charge in [0.05, 0.1) is 11.4 Å². The molecular weight excluding hydrogens is 198 g/mol. The Morgan fingerprint density at radius 1 is 0.875 bits per heavy atom. The Balaban J connectivity index is 2.15. The minimum atomic E-state index is 0.774. The molecule has 0 unspecified atom stereocenters. The molecule has 2 aromatic rings. The van der Waals surface area contributed by atoms with Crippen LogP contribution in [0.25, 0.3) is 0 Å². The second kappa shape index (κ2) is 4.85. The molecule has 3 nitrogen and oxygen atoms in total. The maximum Gasteiger partial charge on any atom is 0.0887 e. The van der Waals surface area contributed by atoms with Crippen LogP contribution in [0.3, 0.4) is 0 Å². The van der Waals surface area contributed by atoms with Crippen LogP contribution in [0.4, 0.5) is 11.4 Å². The lowest BCUT2D eigenvalue weighted by atomic mass is 10.2. The average molecular weight is 207 g/mol. The van der Waals surface area contributed by atoms with Gasteiger partial charge in [-0.3, -0.25) is 4.98 Å². The summed E-state index contributed by atoms with van der Waals surface area (Å²) >= 11 is 0. The molecule has 1 aromatic heterocycles. The van der Waals surface area contributed by atoms with Gasteiger partial charge in [0.15, 0.2) is 0 Å². The molecule has 0 aliphatic carbocycles. The van der Waals surface area contributed by atoms with E-state index in [9.17, 15) is 0 Å². The van der Waals surface area contributed by atoms with Crippen LogP contribution in [0.15, 0.2) is 59.0 Å². The van der Waals surface area contributed by atoms with Gasteiger partial charge in [-0.2, -0.15) is 10.2 Å². The summed E-state index contributed by atoms with van der Waals surface area (Å²) in [5, 5.41) is 8.15. The highest BCUT2D eigenvalue weighted by atomic mass is 15.1. The Bertz CT molecular complexity index is 521. The topological polar surface area (TPSA) is 37.6 Å². The third-order valence-corrected chi connectivity index (χ3v) is 1.98. The third-order valence-electron chi connectivity index (χ3n) is 1.98. The summed E-state index contributed by atoms with van der Waals surface area (Å²) in [5.74, 6) is 2.55. The van der Waals surface area contributed by atoms with Gasteiger partial charge in [-0.15, -0.1) is 6.42 Å². The lowest BCUT2D eigenvalue weighted by molar-refractivity contribution is 1.21. The van der Waals surface area contributed by atoms with Gasteiger partial charge in [-0.05, 0) is 36.4 Å². The number of pyridine rings is 1. The molecule has 0 atom stereocenters. The summed E-state index contributed by atoms with van der Waals surface area (Å²) in [6.45, 7) is 0. The van der Waals surface area contributed by atoms with Crippen molar-refractivity contribution in [2.45, 2.75) is 0 Å². The molecule has 2 rings (SSSR count). The lowest BCUT2D eigenvalue weighted by Gasteiger charge is -1.93. The van der Waals surface area contributed by atoms with E-state index in [4.69, 9.17) is 6.42 Å². The predicted octanol–water partition coefficient (Wildman–Crippen LogP) is 3.48. The number of hydrogen-bond acceptors (Lipinski definition) is 3. The van der Waals surface area contributed by atoms with E-state index < -0.39 is 0 Å². The summed E-state index contributed by atoms with van der Waals surface area (Å²) in [4.78, 5) is 3.90. The standard InChI is InChI=1S/C13H9N3/c1-2-11-3-5-12(6-4-11)15-16-13-7-9-14-10-8-13/h1,3-10H. The first-order chi connectivity index (χ1) is 7.88. The zero-order chi connectivity index (χ0) is 11.2. The normalized spacial score (nSPS) is 10.2. The zero-order valence-corrected chi connectivity index (χ0v) is 8.54. The van der Waals surface area contributed by atoms with Crippen molar-refractivity contribution < 1.29 is 0 Å². The van der Waals surface area contributed by atoms with Gasteiger partial charge in [0.1, 0.15) is 0 Å². The van der Waals surface area contributed by atoms with Gasteiger partial charge >= 0.3 is 0 Å². The molecule has 1 aromatic carbocycles. The summed E-state index contributed by atoms with van der Waals surface area (Å²) < 4.78 is 0. The van der Waals surface area contributed by atoms with Crippen molar-refractivity contribution in [2.24, 2.45) is 10.2 Å².